The van der Waals surface area contributed by atoms with E-state index in [1.807, 2.05) is 6.08 Å². The molecule has 53 heavy (non-hydrogen) atoms. The quantitative estimate of drug-likeness (QED) is 0.0281. The van der Waals surface area contributed by atoms with Gasteiger partial charge in [-0.25, -0.2) is 0 Å². The molecule has 0 aromatic heterocycles. The van der Waals surface area contributed by atoms with Crippen LogP contribution >= 0.6 is 0 Å². The van der Waals surface area contributed by atoms with Crippen LogP contribution in [-0.2, 0) is 28.6 Å². The number of hydrogen-bond donors (Lipinski definition) is 0. The van der Waals surface area contributed by atoms with Gasteiger partial charge in [0.15, 0.2) is 6.10 Å². The molecule has 8 nitrogen and oxygen atoms in total. The molecular weight excluding hydrogens is 666 g/mol. The van der Waals surface area contributed by atoms with Crippen LogP contribution in [0.3, 0.4) is 0 Å². The van der Waals surface area contributed by atoms with Crippen LogP contribution in [-0.4, -0.2) is 75.5 Å². The van der Waals surface area contributed by atoms with E-state index in [1.54, 1.807) is 21.1 Å². The van der Waals surface area contributed by atoms with Gasteiger partial charge in [-0.05, 0) is 77.0 Å². The maximum Gasteiger partial charge on any atom is 0.306 e. The summed E-state index contributed by atoms with van der Waals surface area (Å²) in [7, 11) is 5.36. The molecule has 0 amide bonds. The molecule has 2 atom stereocenters. The number of quaternary nitrogens is 1. The number of carboxylic acids is 1. The van der Waals surface area contributed by atoms with Gasteiger partial charge in [0.25, 0.3) is 0 Å². The Balaban J connectivity index is 4.40. The van der Waals surface area contributed by atoms with Crippen molar-refractivity contribution in [2.45, 2.75) is 142 Å². The molecule has 8 heteroatoms. The zero-order valence-electron chi connectivity index (χ0n) is 33.9. The number of nitrogens with zero attached hydrogens (tertiary/aromatic N) is 1. The van der Waals surface area contributed by atoms with Crippen LogP contribution in [0.5, 0.6) is 0 Å². The van der Waals surface area contributed by atoms with Crippen molar-refractivity contribution in [3.63, 3.8) is 0 Å². The SMILES string of the molecule is CC/C=C/C/C=C/C/C=C/C/C=C/C/C=C/C/C=C/CCCCCC(=O)OC(COCCC(C(=O)[O-])[N+](C)(C)C)COC(=O)CC/C=C/CCCCC. The van der Waals surface area contributed by atoms with Crippen molar-refractivity contribution < 1.29 is 38.2 Å². The summed E-state index contributed by atoms with van der Waals surface area (Å²) in [6.07, 6.45) is 45.0. The number of carbonyl (C=O) groups excluding carboxylic acids is 3. The first-order chi connectivity index (χ1) is 25.6. The molecule has 0 fully saturated rings. The Morgan fingerprint density at radius 1 is 0.585 bits per heavy atom. The molecule has 2 unspecified atom stereocenters. The molecule has 0 rings (SSSR count). The summed E-state index contributed by atoms with van der Waals surface area (Å²) in [6.45, 7) is 4.37. The number of rotatable bonds is 34. The summed E-state index contributed by atoms with van der Waals surface area (Å²) in [4.78, 5) is 36.5. The Bertz CT molecular complexity index is 1140. The largest absolute Gasteiger partial charge is 0.544 e. The average Bonchev–Trinajstić information content (AvgIpc) is 3.11. The second-order valence-electron chi connectivity index (χ2n) is 14.1. The van der Waals surface area contributed by atoms with Crippen molar-refractivity contribution in [2.75, 3.05) is 41.0 Å². The molecule has 0 heterocycles. The third-order valence-electron chi connectivity index (χ3n) is 8.28. The lowest BCUT2D eigenvalue weighted by Crippen LogP contribution is -2.55. The van der Waals surface area contributed by atoms with Crippen LogP contribution in [0.25, 0.3) is 0 Å². The van der Waals surface area contributed by atoms with Gasteiger partial charge in [-0.1, -0.05) is 118 Å². The lowest BCUT2D eigenvalue weighted by molar-refractivity contribution is -0.889. The van der Waals surface area contributed by atoms with E-state index in [4.69, 9.17) is 14.2 Å². The average molecular weight is 740 g/mol. The molecule has 0 saturated carbocycles. The Hall–Kier alpha value is -3.49. The van der Waals surface area contributed by atoms with E-state index in [9.17, 15) is 19.5 Å². The van der Waals surface area contributed by atoms with Crippen LogP contribution in [0.4, 0.5) is 0 Å². The standard InChI is InChI=1S/C45H73NO7/c1-6-8-10-12-14-15-16-17-18-19-20-21-22-23-24-25-26-27-28-30-32-34-36-44(48)53-41(39-51-38-37-42(45(49)50)46(3,4)5)40-52-43(47)35-33-31-29-13-11-9-7-2/h8,10,14-15,17-18,20-21,23-24,26-27,29,31,41-42H,6-7,9,11-13,16,19,22,25,28,30,32-40H2,1-5H3/b10-8+,15-14+,18-17+,21-20+,24-23+,27-26+,31-29+. The van der Waals surface area contributed by atoms with E-state index < -0.39 is 18.1 Å². The van der Waals surface area contributed by atoms with Crippen molar-refractivity contribution in [1.29, 1.82) is 0 Å². The van der Waals surface area contributed by atoms with Crippen molar-refractivity contribution >= 4 is 17.9 Å². The van der Waals surface area contributed by atoms with Gasteiger partial charge in [0.05, 0.1) is 40.3 Å². The van der Waals surface area contributed by atoms with Gasteiger partial charge in [-0.15, -0.1) is 0 Å². The highest BCUT2D eigenvalue weighted by Crippen LogP contribution is 2.10. The van der Waals surface area contributed by atoms with Gasteiger partial charge in [-0.2, -0.15) is 0 Å². The molecule has 0 aliphatic carbocycles. The number of carboxylic acid groups (broad SMARTS) is 1. The first-order valence-corrected chi connectivity index (χ1v) is 20.1. The minimum absolute atomic E-state index is 0.00987. The van der Waals surface area contributed by atoms with Gasteiger partial charge in [0.2, 0.25) is 0 Å². The predicted molar refractivity (Wildman–Crippen MR) is 217 cm³/mol. The van der Waals surface area contributed by atoms with Crippen molar-refractivity contribution in [1.82, 2.24) is 0 Å². The number of aliphatic carboxylic acids is 1. The van der Waals surface area contributed by atoms with E-state index in [0.717, 1.165) is 70.6 Å². The van der Waals surface area contributed by atoms with Gasteiger partial charge in [-0.3, -0.25) is 9.59 Å². The van der Waals surface area contributed by atoms with E-state index in [-0.39, 0.29) is 55.5 Å². The molecule has 0 saturated heterocycles. The Morgan fingerprint density at radius 2 is 1.09 bits per heavy atom. The zero-order valence-corrected chi connectivity index (χ0v) is 33.9. The smallest absolute Gasteiger partial charge is 0.306 e. The molecule has 0 aromatic carbocycles. The Labute approximate surface area is 323 Å². The highest BCUT2D eigenvalue weighted by molar-refractivity contribution is 5.70. The second-order valence-corrected chi connectivity index (χ2v) is 14.1. The summed E-state index contributed by atoms with van der Waals surface area (Å²) in [6, 6.07) is -0.739. The zero-order chi connectivity index (χ0) is 39.3. The van der Waals surface area contributed by atoms with E-state index >= 15 is 0 Å². The molecular formula is C45H73NO7. The van der Waals surface area contributed by atoms with E-state index in [1.165, 1.54) is 12.8 Å². The van der Waals surface area contributed by atoms with Gasteiger partial charge < -0.3 is 28.6 Å². The molecule has 0 aromatic rings. The fraction of sp³-hybridized carbons (Fsp3) is 0.622. The van der Waals surface area contributed by atoms with Crippen LogP contribution in [0.2, 0.25) is 0 Å². The van der Waals surface area contributed by atoms with E-state index in [0.29, 0.717) is 12.8 Å². The molecule has 300 valence electrons. The number of carbonyl (C=O) groups is 3. The van der Waals surface area contributed by atoms with E-state index in [2.05, 4.69) is 92.8 Å². The van der Waals surface area contributed by atoms with Crippen LogP contribution in [0.15, 0.2) is 85.1 Å². The summed E-state index contributed by atoms with van der Waals surface area (Å²) < 4.78 is 16.9. The number of allylic oxidation sites excluding steroid dienone is 14. The van der Waals surface area contributed by atoms with Gasteiger partial charge in [0.1, 0.15) is 12.6 Å². The maximum atomic E-state index is 12.6. The maximum absolute atomic E-state index is 12.6. The number of hydrogen-bond acceptors (Lipinski definition) is 7. The highest BCUT2D eigenvalue weighted by Gasteiger charge is 2.25. The lowest BCUT2D eigenvalue weighted by Gasteiger charge is -2.34. The molecule has 0 N–H and O–H groups in total. The van der Waals surface area contributed by atoms with Gasteiger partial charge in [0, 0.05) is 19.3 Å². The van der Waals surface area contributed by atoms with Gasteiger partial charge >= 0.3 is 11.9 Å². The third kappa shape index (κ3) is 34.1. The fourth-order valence-corrected chi connectivity index (χ4v) is 5.15. The van der Waals surface area contributed by atoms with Crippen molar-refractivity contribution in [3.8, 4) is 0 Å². The predicted octanol–water partition coefficient (Wildman–Crippen LogP) is 9.24. The summed E-state index contributed by atoms with van der Waals surface area (Å²) in [5, 5.41) is 11.6. The highest BCUT2D eigenvalue weighted by atomic mass is 16.6. The first-order valence-electron chi connectivity index (χ1n) is 20.1. The first kappa shape index (κ1) is 49.5. The minimum atomic E-state index is -1.14. The van der Waals surface area contributed by atoms with Crippen LogP contribution in [0.1, 0.15) is 129 Å². The third-order valence-corrected chi connectivity index (χ3v) is 8.28. The Kier molecular flexibility index (Phi) is 33.2. The summed E-state index contributed by atoms with van der Waals surface area (Å²) in [5.41, 5.74) is 0. The number of esters is 2. The molecule has 0 aliphatic rings. The minimum Gasteiger partial charge on any atom is -0.544 e. The molecule has 0 radical (unpaired) electrons. The molecule has 0 bridgehead atoms. The van der Waals surface area contributed by atoms with Crippen LogP contribution < -0.4 is 5.11 Å². The normalized spacial score (nSPS) is 13.9. The molecule has 0 spiro atoms. The molecule has 0 aliphatic heterocycles. The summed E-state index contributed by atoms with van der Waals surface area (Å²) in [5.74, 6) is -1.86. The van der Waals surface area contributed by atoms with Crippen LogP contribution in [0, 0.1) is 0 Å². The lowest BCUT2D eigenvalue weighted by atomic mass is 10.1. The second kappa shape index (κ2) is 35.5. The summed E-state index contributed by atoms with van der Waals surface area (Å²) >= 11 is 0. The number of unbranched alkanes of at least 4 members (excludes halogenated alkanes) is 6. The Morgan fingerprint density at radius 3 is 1.62 bits per heavy atom. The fourth-order valence-electron chi connectivity index (χ4n) is 5.15. The van der Waals surface area contributed by atoms with Crippen molar-refractivity contribution in [3.05, 3.63) is 85.1 Å². The monoisotopic (exact) mass is 740 g/mol. The number of ether oxygens (including phenoxy) is 3. The van der Waals surface area contributed by atoms with Crippen molar-refractivity contribution in [2.24, 2.45) is 0 Å². The topological polar surface area (TPSA) is 102 Å². The number of likely N-dealkylation sites (N-methyl/N-ethyl adjacent to an activating group) is 1.